The second-order valence-electron chi connectivity index (χ2n) is 6.59. The summed E-state index contributed by atoms with van der Waals surface area (Å²) in [5, 5.41) is 0. The molecule has 1 saturated heterocycles. The molecule has 2 rings (SSSR count). The van der Waals surface area contributed by atoms with Gasteiger partial charge >= 0.3 is 6.09 Å². The van der Waals surface area contributed by atoms with Gasteiger partial charge in [0.05, 0.1) is 19.6 Å². The van der Waals surface area contributed by atoms with Gasteiger partial charge in [0.15, 0.2) is 0 Å². The van der Waals surface area contributed by atoms with Crippen molar-refractivity contribution in [2.24, 2.45) is 5.92 Å². The number of hydrogen-bond acceptors (Lipinski definition) is 4. The van der Waals surface area contributed by atoms with Crippen LogP contribution in [0.2, 0.25) is 0 Å². The van der Waals surface area contributed by atoms with E-state index >= 15 is 0 Å². The van der Waals surface area contributed by atoms with Crippen LogP contribution in [0.25, 0.3) is 0 Å². The van der Waals surface area contributed by atoms with Crippen LogP contribution in [0.15, 0.2) is 24.3 Å². The van der Waals surface area contributed by atoms with Crippen LogP contribution in [0.1, 0.15) is 26.3 Å². The average Bonchev–Trinajstić information content (AvgIpc) is 2.61. The largest absolute Gasteiger partial charge is 0.494 e. The minimum absolute atomic E-state index is 0.0827. The van der Waals surface area contributed by atoms with E-state index in [1.807, 2.05) is 49.9 Å². The third-order valence-corrected chi connectivity index (χ3v) is 4.02. The second-order valence-corrected chi connectivity index (χ2v) is 6.59. The van der Waals surface area contributed by atoms with E-state index < -0.39 is 0 Å². The number of nitrogens with zero attached hydrogens (tertiary/aromatic N) is 2. The summed E-state index contributed by atoms with van der Waals surface area (Å²) in [5.74, 6) is 1.22. The Hall–Kier alpha value is -2.24. The lowest BCUT2D eigenvalue weighted by atomic mass is 10.1. The summed E-state index contributed by atoms with van der Waals surface area (Å²) in [7, 11) is 0. The number of piperazine rings is 1. The predicted octanol–water partition coefficient (Wildman–Crippen LogP) is 2.56. The molecule has 0 aromatic heterocycles. The van der Waals surface area contributed by atoms with E-state index in [4.69, 9.17) is 9.47 Å². The highest BCUT2D eigenvalue weighted by molar-refractivity contribution is 5.79. The zero-order valence-electron chi connectivity index (χ0n) is 15.4. The SMILES string of the molecule is CCOc1ccc(CC(=O)N2CCN(C(=O)OCC(C)C)CC2)cc1. The van der Waals surface area contributed by atoms with Crippen molar-refractivity contribution < 1.29 is 19.1 Å². The molecule has 2 amide bonds. The van der Waals surface area contributed by atoms with Crippen molar-refractivity contribution in [3.63, 3.8) is 0 Å². The average molecular weight is 348 g/mol. The lowest BCUT2D eigenvalue weighted by molar-refractivity contribution is -0.132. The fourth-order valence-electron chi connectivity index (χ4n) is 2.62. The molecule has 1 aliphatic heterocycles. The van der Waals surface area contributed by atoms with Gasteiger partial charge in [0.1, 0.15) is 5.75 Å². The highest BCUT2D eigenvalue weighted by Gasteiger charge is 2.25. The molecule has 1 heterocycles. The molecule has 6 nitrogen and oxygen atoms in total. The summed E-state index contributed by atoms with van der Waals surface area (Å²) < 4.78 is 10.6. The first kappa shape index (κ1) is 19.1. The number of carbonyl (C=O) groups excluding carboxylic acids is 2. The monoisotopic (exact) mass is 348 g/mol. The van der Waals surface area contributed by atoms with Crippen molar-refractivity contribution in [2.75, 3.05) is 39.4 Å². The number of ether oxygens (including phenoxy) is 2. The van der Waals surface area contributed by atoms with Crippen molar-refractivity contribution >= 4 is 12.0 Å². The first-order valence-electron chi connectivity index (χ1n) is 8.90. The molecule has 0 N–H and O–H groups in total. The minimum atomic E-state index is -0.285. The summed E-state index contributed by atoms with van der Waals surface area (Å²) in [6.45, 7) is 9.14. The molecule has 0 unspecified atom stereocenters. The number of hydrogen-bond donors (Lipinski definition) is 0. The van der Waals surface area contributed by atoms with Crippen molar-refractivity contribution in [2.45, 2.75) is 27.2 Å². The molecule has 0 atom stereocenters. The van der Waals surface area contributed by atoms with Gasteiger partial charge in [-0.1, -0.05) is 26.0 Å². The maximum Gasteiger partial charge on any atom is 0.409 e. The molecular weight excluding hydrogens is 320 g/mol. The van der Waals surface area contributed by atoms with Gasteiger partial charge in [-0.15, -0.1) is 0 Å². The van der Waals surface area contributed by atoms with Crippen LogP contribution >= 0.6 is 0 Å². The van der Waals surface area contributed by atoms with E-state index in [2.05, 4.69) is 0 Å². The van der Waals surface area contributed by atoms with E-state index in [1.54, 1.807) is 4.90 Å². The maximum atomic E-state index is 12.4. The van der Waals surface area contributed by atoms with E-state index in [0.29, 0.717) is 51.7 Å². The highest BCUT2D eigenvalue weighted by atomic mass is 16.6. The highest BCUT2D eigenvalue weighted by Crippen LogP contribution is 2.14. The Morgan fingerprint density at radius 2 is 1.64 bits per heavy atom. The molecule has 138 valence electrons. The van der Waals surface area contributed by atoms with Crippen molar-refractivity contribution in [1.82, 2.24) is 9.80 Å². The Morgan fingerprint density at radius 1 is 1.04 bits per heavy atom. The van der Waals surface area contributed by atoms with Gasteiger partial charge < -0.3 is 19.3 Å². The first-order chi connectivity index (χ1) is 12.0. The van der Waals surface area contributed by atoms with E-state index in [1.165, 1.54) is 0 Å². The quantitative estimate of drug-likeness (QED) is 0.793. The zero-order valence-corrected chi connectivity index (χ0v) is 15.4. The molecule has 1 aromatic rings. The zero-order chi connectivity index (χ0) is 18.2. The molecule has 25 heavy (non-hydrogen) atoms. The molecule has 0 bridgehead atoms. The van der Waals surface area contributed by atoms with Crippen LogP contribution in [-0.2, 0) is 16.0 Å². The minimum Gasteiger partial charge on any atom is -0.494 e. The van der Waals surface area contributed by atoms with Crippen LogP contribution in [0.4, 0.5) is 4.79 Å². The van der Waals surface area contributed by atoms with E-state index in [0.717, 1.165) is 11.3 Å². The van der Waals surface area contributed by atoms with E-state index in [-0.39, 0.29) is 12.0 Å². The lowest BCUT2D eigenvalue weighted by Gasteiger charge is -2.34. The van der Waals surface area contributed by atoms with Crippen LogP contribution in [0.5, 0.6) is 5.75 Å². The summed E-state index contributed by atoms with van der Waals surface area (Å²) in [6, 6.07) is 7.61. The van der Waals surface area contributed by atoms with Gasteiger partial charge in [-0.25, -0.2) is 4.79 Å². The van der Waals surface area contributed by atoms with Crippen LogP contribution < -0.4 is 4.74 Å². The number of amides is 2. The molecule has 1 aromatic carbocycles. The smallest absolute Gasteiger partial charge is 0.409 e. The molecule has 0 aliphatic carbocycles. The summed E-state index contributed by atoms with van der Waals surface area (Å²) in [5.41, 5.74) is 0.965. The standard InChI is InChI=1S/C19H28N2O4/c1-4-24-17-7-5-16(6-8-17)13-18(22)20-9-11-21(12-10-20)19(23)25-14-15(2)3/h5-8,15H,4,9-14H2,1-3H3. The van der Waals surface area contributed by atoms with Gasteiger partial charge in [-0.2, -0.15) is 0 Å². The topological polar surface area (TPSA) is 59.1 Å². The fraction of sp³-hybridized carbons (Fsp3) is 0.579. The van der Waals surface area contributed by atoms with Crippen molar-refractivity contribution in [3.8, 4) is 5.75 Å². The van der Waals surface area contributed by atoms with E-state index in [9.17, 15) is 9.59 Å². The summed E-state index contributed by atoms with van der Waals surface area (Å²) in [6.07, 6.45) is 0.0804. The van der Waals surface area contributed by atoms with Crippen molar-refractivity contribution in [3.05, 3.63) is 29.8 Å². The third-order valence-electron chi connectivity index (χ3n) is 4.02. The Balaban J connectivity index is 1.78. The molecule has 0 saturated carbocycles. The van der Waals surface area contributed by atoms with Gasteiger partial charge in [-0.05, 0) is 30.5 Å². The molecular formula is C19H28N2O4. The van der Waals surface area contributed by atoms with Crippen LogP contribution in [-0.4, -0.2) is 61.2 Å². The first-order valence-corrected chi connectivity index (χ1v) is 8.90. The fourth-order valence-corrected chi connectivity index (χ4v) is 2.62. The Kier molecular flexibility index (Phi) is 7.10. The van der Waals surface area contributed by atoms with Crippen molar-refractivity contribution in [1.29, 1.82) is 0 Å². The Morgan fingerprint density at radius 3 is 2.20 bits per heavy atom. The number of benzene rings is 1. The maximum absolute atomic E-state index is 12.4. The number of rotatable bonds is 6. The Labute approximate surface area is 149 Å². The van der Waals surface area contributed by atoms with Gasteiger partial charge in [0, 0.05) is 26.2 Å². The van der Waals surface area contributed by atoms with Gasteiger partial charge in [0.25, 0.3) is 0 Å². The third kappa shape index (κ3) is 5.96. The van der Waals surface area contributed by atoms with Gasteiger partial charge in [-0.3, -0.25) is 4.79 Å². The predicted molar refractivity (Wildman–Crippen MR) is 95.7 cm³/mol. The van der Waals surface area contributed by atoms with Crippen LogP contribution in [0.3, 0.4) is 0 Å². The number of carbonyl (C=O) groups is 2. The molecule has 1 aliphatic rings. The van der Waals surface area contributed by atoms with Gasteiger partial charge in [0.2, 0.25) is 5.91 Å². The summed E-state index contributed by atoms with van der Waals surface area (Å²) >= 11 is 0. The molecule has 0 spiro atoms. The summed E-state index contributed by atoms with van der Waals surface area (Å²) in [4.78, 5) is 27.9. The van der Waals surface area contributed by atoms with Crippen LogP contribution in [0, 0.1) is 5.92 Å². The normalized spacial score (nSPS) is 14.6. The molecule has 6 heteroatoms. The lowest BCUT2D eigenvalue weighted by Crippen LogP contribution is -2.51. The molecule has 1 fully saturated rings. The Bertz CT molecular complexity index is 563. The molecule has 0 radical (unpaired) electrons. The second kappa shape index (κ2) is 9.30.